The Morgan fingerprint density at radius 3 is 2.56 bits per heavy atom. The van der Waals surface area contributed by atoms with Gasteiger partial charge >= 0.3 is 0 Å². The molecule has 0 unspecified atom stereocenters. The summed E-state index contributed by atoms with van der Waals surface area (Å²) in [6.07, 6.45) is 1.85. The Morgan fingerprint density at radius 2 is 1.84 bits per heavy atom. The molecule has 2 aromatic carbocycles. The lowest BCUT2D eigenvalue weighted by Gasteiger charge is -2.34. The van der Waals surface area contributed by atoms with Crippen LogP contribution in [0.3, 0.4) is 0 Å². The van der Waals surface area contributed by atoms with Crippen molar-refractivity contribution >= 4 is 5.91 Å². The van der Waals surface area contributed by atoms with Crippen molar-refractivity contribution in [1.82, 2.24) is 15.5 Å². The van der Waals surface area contributed by atoms with E-state index in [-0.39, 0.29) is 18.0 Å². The molecule has 1 heterocycles. The number of aromatic nitrogens is 2. The zero-order chi connectivity index (χ0) is 17.2. The summed E-state index contributed by atoms with van der Waals surface area (Å²) in [4.78, 5) is 17.0. The molecule has 0 spiro atoms. The fourth-order valence-electron chi connectivity index (χ4n) is 2.86. The van der Waals surface area contributed by atoms with Crippen LogP contribution in [0, 0.1) is 0 Å². The first-order valence-electron chi connectivity index (χ1n) is 8.27. The maximum Gasteiger partial charge on any atom is 0.259 e. The second-order valence-corrected chi connectivity index (χ2v) is 6.16. The van der Waals surface area contributed by atoms with Crippen LogP contribution in [0.1, 0.15) is 23.2 Å². The normalized spacial score (nSPS) is 19.2. The Morgan fingerprint density at radius 1 is 1.08 bits per heavy atom. The Bertz CT molecular complexity index is 891. The first kappa shape index (κ1) is 15.5. The number of amides is 1. The van der Waals surface area contributed by atoms with Gasteiger partial charge in [0.2, 0.25) is 5.82 Å². The van der Waals surface area contributed by atoms with Gasteiger partial charge in [-0.3, -0.25) is 4.79 Å². The third-order valence-electron chi connectivity index (χ3n) is 4.50. The minimum absolute atomic E-state index is 0.0307. The number of nitrogens with one attached hydrogen (secondary N) is 1. The van der Waals surface area contributed by atoms with Crippen LogP contribution >= 0.6 is 0 Å². The van der Waals surface area contributed by atoms with Crippen molar-refractivity contribution < 1.29 is 9.32 Å². The lowest BCUT2D eigenvalue weighted by molar-refractivity contribution is 0.0906. The largest absolute Gasteiger partial charge is 0.348 e. The van der Waals surface area contributed by atoms with Crippen LogP contribution in [0.15, 0.2) is 59.1 Å². The molecule has 0 saturated heterocycles. The maximum atomic E-state index is 12.6. The second-order valence-electron chi connectivity index (χ2n) is 6.16. The van der Waals surface area contributed by atoms with Crippen molar-refractivity contribution in [2.24, 2.45) is 5.73 Å². The molecule has 1 saturated carbocycles. The minimum Gasteiger partial charge on any atom is -0.348 e. The molecule has 0 radical (unpaired) electrons. The van der Waals surface area contributed by atoms with Crippen molar-refractivity contribution in [1.29, 1.82) is 0 Å². The van der Waals surface area contributed by atoms with Crippen molar-refractivity contribution in [2.75, 3.05) is 0 Å². The van der Waals surface area contributed by atoms with Gasteiger partial charge in [0.05, 0.1) is 11.1 Å². The standard InChI is InChI=1S/C19H18N4O2/c20-15-10-11-16(15)21-18(24)13-8-4-5-9-14(13)19-22-17(23-25-19)12-6-2-1-3-7-12/h1-9,15-16H,10-11,20H2,(H,21,24)/t15-,16+/m1/s1. The van der Waals surface area contributed by atoms with E-state index >= 15 is 0 Å². The minimum atomic E-state index is -0.171. The van der Waals surface area contributed by atoms with Crippen LogP contribution in [-0.2, 0) is 0 Å². The van der Waals surface area contributed by atoms with Crippen LogP contribution < -0.4 is 11.1 Å². The molecule has 1 amide bonds. The van der Waals surface area contributed by atoms with E-state index in [0.29, 0.717) is 22.8 Å². The molecular weight excluding hydrogens is 316 g/mol. The van der Waals surface area contributed by atoms with Gasteiger partial charge in [0.25, 0.3) is 11.8 Å². The number of benzene rings is 2. The molecule has 3 aromatic rings. The van der Waals surface area contributed by atoms with Gasteiger partial charge in [-0.1, -0.05) is 47.6 Å². The molecule has 1 aliphatic carbocycles. The van der Waals surface area contributed by atoms with E-state index in [4.69, 9.17) is 10.3 Å². The summed E-state index contributed by atoms with van der Waals surface area (Å²) in [7, 11) is 0. The predicted octanol–water partition coefficient (Wildman–Crippen LogP) is 2.62. The molecule has 0 bridgehead atoms. The second kappa shape index (κ2) is 6.49. The van der Waals surface area contributed by atoms with Crippen LogP contribution in [0.4, 0.5) is 0 Å². The van der Waals surface area contributed by atoms with Crippen molar-refractivity contribution in [3.63, 3.8) is 0 Å². The average Bonchev–Trinajstić information content (AvgIpc) is 3.15. The zero-order valence-corrected chi connectivity index (χ0v) is 13.6. The van der Waals surface area contributed by atoms with Crippen molar-refractivity contribution in [3.05, 3.63) is 60.2 Å². The van der Waals surface area contributed by atoms with Gasteiger partial charge < -0.3 is 15.6 Å². The Hall–Kier alpha value is -2.99. The number of carbonyl (C=O) groups is 1. The molecule has 25 heavy (non-hydrogen) atoms. The average molecular weight is 334 g/mol. The zero-order valence-electron chi connectivity index (χ0n) is 13.6. The number of nitrogens with zero attached hydrogens (tertiary/aromatic N) is 2. The van der Waals surface area contributed by atoms with Crippen molar-refractivity contribution in [3.8, 4) is 22.8 Å². The van der Waals surface area contributed by atoms with Gasteiger partial charge in [0.15, 0.2) is 0 Å². The van der Waals surface area contributed by atoms with E-state index in [9.17, 15) is 4.79 Å². The summed E-state index contributed by atoms with van der Waals surface area (Å²) in [6, 6.07) is 16.8. The van der Waals surface area contributed by atoms with Gasteiger partial charge in [-0.25, -0.2) is 0 Å². The van der Waals surface area contributed by atoms with E-state index < -0.39 is 0 Å². The number of rotatable bonds is 4. The van der Waals surface area contributed by atoms with E-state index in [2.05, 4.69) is 15.5 Å². The number of carbonyl (C=O) groups excluding carboxylic acids is 1. The summed E-state index contributed by atoms with van der Waals surface area (Å²) in [5.41, 5.74) is 7.89. The van der Waals surface area contributed by atoms with Gasteiger partial charge in [0, 0.05) is 17.6 Å². The first-order chi connectivity index (χ1) is 12.2. The summed E-state index contributed by atoms with van der Waals surface area (Å²) in [5, 5.41) is 7.00. The monoisotopic (exact) mass is 334 g/mol. The van der Waals surface area contributed by atoms with Crippen LogP contribution in [0.25, 0.3) is 22.8 Å². The molecule has 126 valence electrons. The lowest BCUT2D eigenvalue weighted by atomic mass is 9.87. The lowest BCUT2D eigenvalue weighted by Crippen LogP contribution is -2.54. The highest BCUT2D eigenvalue weighted by Crippen LogP contribution is 2.26. The van der Waals surface area contributed by atoms with Gasteiger partial charge in [-0.05, 0) is 25.0 Å². The quantitative estimate of drug-likeness (QED) is 0.765. The summed E-state index contributed by atoms with van der Waals surface area (Å²) < 4.78 is 5.40. The van der Waals surface area contributed by atoms with Gasteiger partial charge in [-0.2, -0.15) is 4.98 Å². The molecule has 2 atom stereocenters. The van der Waals surface area contributed by atoms with Crippen LogP contribution in [-0.4, -0.2) is 28.1 Å². The third kappa shape index (κ3) is 3.04. The summed E-state index contributed by atoms with van der Waals surface area (Å²) in [6.45, 7) is 0. The first-order valence-corrected chi connectivity index (χ1v) is 8.27. The molecule has 1 aromatic heterocycles. The van der Waals surface area contributed by atoms with Crippen LogP contribution in [0.2, 0.25) is 0 Å². The molecule has 6 nitrogen and oxygen atoms in total. The van der Waals surface area contributed by atoms with E-state index in [1.54, 1.807) is 12.1 Å². The highest BCUT2D eigenvalue weighted by molar-refractivity contribution is 6.00. The van der Waals surface area contributed by atoms with Crippen molar-refractivity contribution in [2.45, 2.75) is 24.9 Å². The van der Waals surface area contributed by atoms with E-state index in [1.807, 2.05) is 42.5 Å². The molecule has 3 N–H and O–H groups in total. The molecule has 0 aliphatic heterocycles. The van der Waals surface area contributed by atoms with Crippen LogP contribution in [0.5, 0.6) is 0 Å². The highest BCUT2D eigenvalue weighted by atomic mass is 16.5. The van der Waals surface area contributed by atoms with Gasteiger partial charge in [-0.15, -0.1) is 0 Å². The summed E-state index contributed by atoms with van der Waals surface area (Å²) in [5.74, 6) is 0.643. The molecule has 6 heteroatoms. The summed E-state index contributed by atoms with van der Waals surface area (Å²) >= 11 is 0. The maximum absolute atomic E-state index is 12.6. The van der Waals surface area contributed by atoms with E-state index in [0.717, 1.165) is 18.4 Å². The SMILES string of the molecule is N[C@@H]1CC[C@@H]1NC(=O)c1ccccc1-c1nc(-c2ccccc2)no1. The molecule has 1 fully saturated rings. The molecule has 1 aliphatic rings. The Balaban J connectivity index is 1.63. The topological polar surface area (TPSA) is 94.0 Å². The Labute approximate surface area is 145 Å². The number of nitrogens with two attached hydrogens (primary N) is 1. The fraction of sp³-hybridized carbons (Fsp3) is 0.211. The van der Waals surface area contributed by atoms with Gasteiger partial charge in [0.1, 0.15) is 0 Å². The molecular formula is C19H18N4O2. The fourth-order valence-corrected chi connectivity index (χ4v) is 2.86. The van der Waals surface area contributed by atoms with E-state index in [1.165, 1.54) is 0 Å². The highest BCUT2D eigenvalue weighted by Gasteiger charge is 2.29. The predicted molar refractivity (Wildman–Crippen MR) is 93.6 cm³/mol. The number of hydrogen-bond donors (Lipinski definition) is 2. The smallest absolute Gasteiger partial charge is 0.259 e. The third-order valence-corrected chi connectivity index (χ3v) is 4.50. The molecule has 4 rings (SSSR count). The number of hydrogen-bond acceptors (Lipinski definition) is 5. The Kier molecular flexibility index (Phi) is 4.03.